The van der Waals surface area contributed by atoms with E-state index in [1.54, 1.807) is 0 Å². The molecule has 3 nitrogen and oxygen atoms in total. The second-order valence-electron chi connectivity index (χ2n) is 9.79. The van der Waals surface area contributed by atoms with E-state index in [2.05, 4.69) is 25.9 Å². The molecule has 4 rings (SSSR count). The molecule has 0 saturated heterocycles. The fourth-order valence-corrected chi connectivity index (χ4v) is 7.48. The number of carbonyl (C=O) groups is 1. The summed E-state index contributed by atoms with van der Waals surface area (Å²) in [5.41, 5.74) is 3.35. The highest BCUT2D eigenvalue weighted by Gasteiger charge is 2.59. The molecule has 0 heterocycles. The highest BCUT2D eigenvalue weighted by Crippen LogP contribution is 2.66. The van der Waals surface area contributed by atoms with Gasteiger partial charge in [-0.15, -0.1) is 0 Å². The van der Waals surface area contributed by atoms with Crippen molar-refractivity contribution in [3.8, 4) is 0 Å². The molecule has 3 saturated carbocycles. The van der Waals surface area contributed by atoms with Crippen molar-refractivity contribution in [2.45, 2.75) is 79.1 Å². The Morgan fingerprint density at radius 1 is 1.15 bits per heavy atom. The molecule has 4 aliphatic rings. The number of hydrogen-bond donors (Lipinski definition) is 0. The van der Waals surface area contributed by atoms with E-state index in [1.807, 2.05) is 13.0 Å². The Morgan fingerprint density at radius 2 is 1.96 bits per heavy atom. The molecular weight excluding hydrogens is 322 g/mol. The van der Waals surface area contributed by atoms with Crippen LogP contribution in [0.3, 0.4) is 0 Å². The van der Waals surface area contributed by atoms with Crippen LogP contribution in [-0.2, 0) is 9.63 Å². The van der Waals surface area contributed by atoms with Crippen molar-refractivity contribution < 1.29 is 9.63 Å². The van der Waals surface area contributed by atoms with Gasteiger partial charge in [-0.3, -0.25) is 4.79 Å². The molecule has 144 valence electrons. The first-order chi connectivity index (χ1) is 12.4. The fourth-order valence-electron chi connectivity index (χ4n) is 7.48. The van der Waals surface area contributed by atoms with E-state index < -0.39 is 0 Å². The molecule has 6 unspecified atom stereocenters. The molecular formula is C23H35NO2. The maximum atomic E-state index is 12.0. The van der Waals surface area contributed by atoms with Crippen LogP contribution in [0, 0.1) is 34.5 Å². The summed E-state index contributed by atoms with van der Waals surface area (Å²) in [7, 11) is 0. The SMILES string of the molecule is CCO/N=C(\C)C1CCC2C3CCC4=CC(=O)CCC4(C)C3CCC12C. The van der Waals surface area contributed by atoms with Crippen molar-refractivity contribution in [3.05, 3.63) is 11.6 Å². The summed E-state index contributed by atoms with van der Waals surface area (Å²) in [5, 5.41) is 4.42. The van der Waals surface area contributed by atoms with Crippen LogP contribution in [0.5, 0.6) is 0 Å². The zero-order valence-electron chi connectivity index (χ0n) is 17.0. The summed E-state index contributed by atoms with van der Waals surface area (Å²) in [6.45, 7) is 9.84. The van der Waals surface area contributed by atoms with Crippen molar-refractivity contribution >= 4 is 11.5 Å². The van der Waals surface area contributed by atoms with Crippen molar-refractivity contribution in [1.29, 1.82) is 0 Å². The van der Waals surface area contributed by atoms with Gasteiger partial charge in [-0.2, -0.15) is 0 Å². The van der Waals surface area contributed by atoms with E-state index >= 15 is 0 Å². The first-order valence-corrected chi connectivity index (χ1v) is 10.8. The molecule has 0 amide bonds. The number of carbonyl (C=O) groups excluding carboxylic acids is 1. The monoisotopic (exact) mass is 357 g/mol. The minimum atomic E-state index is 0.282. The van der Waals surface area contributed by atoms with Crippen molar-refractivity contribution in [2.24, 2.45) is 39.7 Å². The third-order valence-corrected chi connectivity index (χ3v) is 8.80. The number of rotatable bonds is 3. The quantitative estimate of drug-likeness (QED) is 0.491. The number of nitrogens with zero attached hydrogens (tertiary/aromatic N) is 1. The molecule has 0 spiro atoms. The van der Waals surface area contributed by atoms with Gasteiger partial charge in [0.05, 0.1) is 5.71 Å². The van der Waals surface area contributed by atoms with Crippen LogP contribution >= 0.6 is 0 Å². The fraction of sp³-hybridized carbons (Fsp3) is 0.826. The Bertz CT molecular complexity index is 651. The average molecular weight is 358 g/mol. The number of oxime groups is 1. The van der Waals surface area contributed by atoms with Crippen LogP contribution < -0.4 is 0 Å². The highest BCUT2D eigenvalue weighted by molar-refractivity contribution is 5.91. The lowest BCUT2D eigenvalue weighted by Crippen LogP contribution is -2.51. The van der Waals surface area contributed by atoms with Gasteiger partial charge in [0.1, 0.15) is 6.61 Å². The Hall–Kier alpha value is -1.12. The Morgan fingerprint density at radius 3 is 2.73 bits per heavy atom. The molecule has 0 N–H and O–H groups in total. The van der Waals surface area contributed by atoms with E-state index in [-0.39, 0.29) is 5.41 Å². The van der Waals surface area contributed by atoms with Gasteiger partial charge in [0.2, 0.25) is 0 Å². The summed E-state index contributed by atoms with van der Waals surface area (Å²) in [6, 6.07) is 0. The second kappa shape index (κ2) is 6.49. The first-order valence-electron chi connectivity index (χ1n) is 10.8. The number of ketones is 1. The molecule has 6 atom stereocenters. The van der Waals surface area contributed by atoms with Crippen LogP contribution in [0.25, 0.3) is 0 Å². The molecule has 0 radical (unpaired) electrons. The number of fused-ring (bicyclic) bond motifs is 5. The third-order valence-electron chi connectivity index (χ3n) is 8.80. The van der Waals surface area contributed by atoms with E-state index in [4.69, 9.17) is 4.84 Å². The van der Waals surface area contributed by atoms with Gasteiger partial charge in [0, 0.05) is 12.3 Å². The lowest BCUT2D eigenvalue weighted by atomic mass is 9.46. The zero-order chi connectivity index (χ0) is 18.5. The Kier molecular flexibility index (Phi) is 4.56. The van der Waals surface area contributed by atoms with E-state index in [1.165, 1.54) is 43.4 Å². The Balaban J connectivity index is 1.60. The van der Waals surface area contributed by atoms with Gasteiger partial charge in [-0.05, 0) is 93.5 Å². The molecule has 4 aliphatic carbocycles. The van der Waals surface area contributed by atoms with Crippen LogP contribution in [0.2, 0.25) is 0 Å². The number of hydrogen-bond acceptors (Lipinski definition) is 3. The molecule has 0 aromatic heterocycles. The molecule has 26 heavy (non-hydrogen) atoms. The lowest BCUT2D eigenvalue weighted by Gasteiger charge is -2.58. The standard InChI is InChI=1S/C23H35NO2/c1-5-26-24-15(2)19-8-9-20-18-7-6-16-14-17(25)10-12-22(16,3)21(18)11-13-23(19,20)4/h14,18-21H,5-13H2,1-4H3/b24-15+. The molecule has 0 aliphatic heterocycles. The molecule has 3 heteroatoms. The van der Waals surface area contributed by atoms with E-state index in [0.29, 0.717) is 23.7 Å². The van der Waals surface area contributed by atoms with Gasteiger partial charge in [-0.25, -0.2) is 0 Å². The lowest BCUT2D eigenvalue weighted by molar-refractivity contribution is -0.117. The van der Waals surface area contributed by atoms with E-state index in [0.717, 1.165) is 37.0 Å². The topological polar surface area (TPSA) is 38.7 Å². The summed E-state index contributed by atoms with van der Waals surface area (Å²) < 4.78 is 0. The smallest absolute Gasteiger partial charge is 0.155 e. The summed E-state index contributed by atoms with van der Waals surface area (Å²) >= 11 is 0. The van der Waals surface area contributed by atoms with Crippen molar-refractivity contribution in [2.75, 3.05) is 6.61 Å². The molecule has 0 bridgehead atoms. The predicted octanol–water partition coefficient (Wildman–Crippen LogP) is 5.55. The molecule has 3 fully saturated rings. The average Bonchev–Trinajstić information content (AvgIpc) is 2.97. The molecule has 0 aromatic rings. The highest BCUT2D eigenvalue weighted by atomic mass is 16.6. The number of allylic oxidation sites excluding steroid dienone is 1. The normalized spacial score (nSPS) is 45.5. The van der Waals surface area contributed by atoms with Gasteiger partial charge in [0.25, 0.3) is 0 Å². The second-order valence-corrected chi connectivity index (χ2v) is 9.79. The first kappa shape index (κ1) is 18.3. The predicted molar refractivity (Wildman–Crippen MR) is 105 cm³/mol. The van der Waals surface area contributed by atoms with E-state index in [9.17, 15) is 4.79 Å². The largest absolute Gasteiger partial charge is 0.396 e. The van der Waals surface area contributed by atoms with Crippen LogP contribution in [0.4, 0.5) is 0 Å². The Labute approximate surface area is 158 Å². The summed E-state index contributed by atoms with van der Waals surface area (Å²) in [5.74, 6) is 3.36. The minimum Gasteiger partial charge on any atom is -0.396 e. The van der Waals surface area contributed by atoms with Gasteiger partial charge < -0.3 is 4.84 Å². The van der Waals surface area contributed by atoms with Crippen LogP contribution in [0.1, 0.15) is 79.1 Å². The van der Waals surface area contributed by atoms with Crippen molar-refractivity contribution in [3.63, 3.8) is 0 Å². The summed E-state index contributed by atoms with van der Waals surface area (Å²) in [4.78, 5) is 17.3. The van der Waals surface area contributed by atoms with Crippen molar-refractivity contribution in [1.82, 2.24) is 0 Å². The zero-order valence-corrected chi connectivity index (χ0v) is 17.0. The van der Waals surface area contributed by atoms with Gasteiger partial charge in [-0.1, -0.05) is 24.6 Å². The van der Waals surface area contributed by atoms with Crippen LogP contribution in [0.15, 0.2) is 16.8 Å². The summed E-state index contributed by atoms with van der Waals surface area (Å²) in [6.07, 6.45) is 11.5. The van der Waals surface area contributed by atoms with Gasteiger partial charge in [0.15, 0.2) is 5.78 Å². The van der Waals surface area contributed by atoms with Gasteiger partial charge >= 0.3 is 0 Å². The third kappa shape index (κ3) is 2.60. The minimum absolute atomic E-state index is 0.282. The molecule has 0 aromatic carbocycles. The van der Waals surface area contributed by atoms with Crippen LogP contribution in [-0.4, -0.2) is 18.1 Å². The maximum Gasteiger partial charge on any atom is 0.155 e. The maximum absolute atomic E-state index is 12.0.